The summed E-state index contributed by atoms with van der Waals surface area (Å²) in [6.07, 6.45) is 1.35. The van der Waals surface area contributed by atoms with Crippen molar-refractivity contribution in [2.45, 2.75) is 37.2 Å². The van der Waals surface area contributed by atoms with Crippen molar-refractivity contribution < 1.29 is 19.1 Å². The number of hydrogen-bond acceptors (Lipinski definition) is 5. The van der Waals surface area contributed by atoms with E-state index in [1.807, 2.05) is 12.1 Å². The molecule has 2 heterocycles. The molecule has 2 amide bonds. The molecule has 0 aromatic heterocycles. The standard InChI is InChI=1S/C18H24N2O4S/c1-18-8-7-16(21)20(18)14(11-25-18)17(22)19(2)10-12-5-6-13(23-3)9-15(12)24-4/h5-6,9,14H,7-8,10-11H2,1-4H3/t14-,18-/m0/s1. The van der Waals surface area contributed by atoms with Crippen LogP contribution in [0.1, 0.15) is 25.3 Å². The second kappa shape index (κ2) is 6.78. The Balaban J connectivity index is 1.74. The van der Waals surface area contributed by atoms with Crippen LogP contribution in [0, 0.1) is 0 Å². The van der Waals surface area contributed by atoms with Crippen molar-refractivity contribution in [2.24, 2.45) is 0 Å². The number of thioether (sulfide) groups is 1. The minimum Gasteiger partial charge on any atom is -0.497 e. The highest BCUT2D eigenvalue weighted by molar-refractivity contribution is 8.01. The van der Waals surface area contributed by atoms with E-state index in [9.17, 15) is 9.59 Å². The normalized spacial score (nSPS) is 25.0. The van der Waals surface area contributed by atoms with Gasteiger partial charge in [0.15, 0.2) is 0 Å². The van der Waals surface area contributed by atoms with Gasteiger partial charge in [-0.3, -0.25) is 9.59 Å². The Bertz CT molecular complexity index is 696. The Morgan fingerprint density at radius 2 is 2.16 bits per heavy atom. The quantitative estimate of drug-likeness (QED) is 0.801. The summed E-state index contributed by atoms with van der Waals surface area (Å²) in [4.78, 5) is 28.4. The highest BCUT2D eigenvalue weighted by Gasteiger charge is 2.53. The van der Waals surface area contributed by atoms with Crippen LogP contribution in [0.2, 0.25) is 0 Å². The maximum absolute atomic E-state index is 13.0. The molecule has 1 aromatic carbocycles. The second-order valence-corrected chi connectivity index (χ2v) is 8.14. The molecule has 0 radical (unpaired) electrons. The molecule has 25 heavy (non-hydrogen) atoms. The molecule has 2 saturated heterocycles. The summed E-state index contributed by atoms with van der Waals surface area (Å²) in [7, 11) is 4.97. The molecule has 0 N–H and O–H groups in total. The van der Waals surface area contributed by atoms with E-state index in [0.29, 0.717) is 30.2 Å². The summed E-state index contributed by atoms with van der Waals surface area (Å²) < 4.78 is 10.6. The van der Waals surface area contributed by atoms with Gasteiger partial charge in [-0.25, -0.2) is 0 Å². The molecule has 1 aromatic rings. The average molecular weight is 364 g/mol. The first kappa shape index (κ1) is 17.9. The number of likely N-dealkylation sites (N-methyl/N-ethyl adjacent to an activating group) is 1. The summed E-state index contributed by atoms with van der Waals surface area (Å²) in [5.41, 5.74) is 0.903. The highest BCUT2D eigenvalue weighted by atomic mass is 32.2. The molecule has 0 aliphatic carbocycles. The fraction of sp³-hybridized carbons (Fsp3) is 0.556. The maximum Gasteiger partial charge on any atom is 0.246 e. The number of carbonyl (C=O) groups is 2. The van der Waals surface area contributed by atoms with Gasteiger partial charge >= 0.3 is 0 Å². The van der Waals surface area contributed by atoms with E-state index in [4.69, 9.17) is 9.47 Å². The third-order valence-corrected chi connectivity index (χ3v) is 6.51. The van der Waals surface area contributed by atoms with Gasteiger partial charge in [0.05, 0.1) is 19.1 Å². The van der Waals surface area contributed by atoms with Crippen LogP contribution in [0.5, 0.6) is 11.5 Å². The molecule has 2 atom stereocenters. The lowest BCUT2D eigenvalue weighted by Crippen LogP contribution is -2.50. The number of rotatable bonds is 5. The highest BCUT2D eigenvalue weighted by Crippen LogP contribution is 2.47. The predicted molar refractivity (Wildman–Crippen MR) is 96.8 cm³/mol. The van der Waals surface area contributed by atoms with Gasteiger partial charge in [-0.2, -0.15) is 0 Å². The minimum atomic E-state index is -0.376. The first-order chi connectivity index (χ1) is 11.9. The first-order valence-electron chi connectivity index (χ1n) is 8.31. The Hall–Kier alpha value is -1.89. The largest absolute Gasteiger partial charge is 0.497 e. The van der Waals surface area contributed by atoms with Crippen LogP contribution in [0.25, 0.3) is 0 Å². The third kappa shape index (κ3) is 3.17. The summed E-state index contributed by atoms with van der Waals surface area (Å²) >= 11 is 1.71. The van der Waals surface area contributed by atoms with Crippen LogP contribution in [0.4, 0.5) is 0 Å². The lowest BCUT2D eigenvalue weighted by molar-refractivity contribution is -0.143. The van der Waals surface area contributed by atoms with E-state index in [1.165, 1.54) is 0 Å². The van der Waals surface area contributed by atoms with Gasteiger partial charge in [-0.05, 0) is 25.5 Å². The number of amides is 2. The van der Waals surface area contributed by atoms with Crippen molar-refractivity contribution in [3.63, 3.8) is 0 Å². The minimum absolute atomic E-state index is 0.0238. The van der Waals surface area contributed by atoms with E-state index in [0.717, 1.165) is 12.0 Å². The number of benzene rings is 1. The lowest BCUT2D eigenvalue weighted by atomic mass is 10.1. The van der Waals surface area contributed by atoms with Crippen molar-refractivity contribution in [1.29, 1.82) is 0 Å². The van der Waals surface area contributed by atoms with Crippen LogP contribution < -0.4 is 9.47 Å². The van der Waals surface area contributed by atoms with E-state index in [1.54, 1.807) is 48.9 Å². The van der Waals surface area contributed by atoms with Crippen molar-refractivity contribution in [2.75, 3.05) is 27.0 Å². The molecule has 2 fully saturated rings. The summed E-state index contributed by atoms with van der Waals surface area (Å²) in [6.45, 7) is 2.48. The zero-order valence-electron chi connectivity index (χ0n) is 15.1. The van der Waals surface area contributed by atoms with Crippen LogP contribution in [0.15, 0.2) is 18.2 Å². The number of methoxy groups -OCH3 is 2. The van der Waals surface area contributed by atoms with Crippen LogP contribution >= 0.6 is 11.8 Å². The smallest absolute Gasteiger partial charge is 0.246 e. The molecule has 7 heteroatoms. The molecule has 0 bridgehead atoms. The average Bonchev–Trinajstić information content (AvgIpc) is 3.10. The topological polar surface area (TPSA) is 59.1 Å². The summed E-state index contributed by atoms with van der Waals surface area (Å²) in [6, 6.07) is 5.18. The SMILES string of the molecule is COc1ccc(CN(C)C(=O)[C@@H]2CS[C@@]3(C)CCC(=O)N23)c(OC)c1. The van der Waals surface area contributed by atoms with Gasteiger partial charge in [-0.1, -0.05) is 0 Å². The van der Waals surface area contributed by atoms with Crippen LogP contribution in [0.3, 0.4) is 0 Å². The Labute approximate surface area is 152 Å². The van der Waals surface area contributed by atoms with E-state index >= 15 is 0 Å². The zero-order valence-corrected chi connectivity index (χ0v) is 15.9. The number of ether oxygens (including phenoxy) is 2. The van der Waals surface area contributed by atoms with Gasteiger partial charge in [0.25, 0.3) is 0 Å². The van der Waals surface area contributed by atoms with Gasteiger partial charge in [-0.15, -0.1) is 11.8 Å². The Morgan fingerprint density at radius 1 is 1.40 bits per heavy atom. The summed E-state index contributed by atoms with van der Waals surface area (Å²) in [5.74, 6) is 2.11. The maximum atomic E-state index is 13.0. The Kier molecular flexibility index (Phi) is 4.86. The number of carbonyl (C=O) groups excluding carboxylic acids is 2. The number of nitrogens with zero attached hydrogens (tertiary/aromatic N) is 2. The molecular weight excluding hydrogens is 340 g/mol. The molecule has 136 valence electrons. The third-order valence-electron chi connectivity index (χ3n) is 5.01. The predicted octanol–water partition coefficient (Wildman–Crippen LogP) is 2.12. The van der Waals surface area contributed by atoms with E-state index in [2.05, 4.69) is 6.92 Å². The molecule has 3 rings (SSSR count). The monoisotopic (exact) mass is 364 g/mol. The van der Waals surface area contributed by atoms with Crippen LogP contribution in [-0.4, -0.2) is 59.5 Å². The van der Waals surface area contributed by atoms with Crippen molar-refractivity contribution in [1.82, 2.24) is 9.80 Å². The van der Waals surface area contributed by atoms with Crippen molar-refractivity contribution >= 4 is 23.6 Å². The fourth-order valence-electron chi connectivity index (χ4n) is 3.57. The van der Waals surface area contributed by atoms with E-state index in [-0.39, 0.29) is 22.7 Å². The summed E-state index contributed by atoms with van der Waals surface area (Å²) in [5, 5.41) is 0. The molecule has 6 nitrogen and oxygen atoms in total. The van der Waals surface area contributed by atoms with Gasteiger partial charge in [0.2, 0.25) is 11.8 Å². The van der Waals surface area contributed by atoms with Gasteiger partial charge in [0, 0.05) is 37.4 Å². The first-order valence-corrected chi connectivity index (χ1v) is 9.30. The molecule has 2 aliphatic heterocycles. The lowest BCUT2D eigenvalue weighted by Gasteiger charge is -2.32. The molecule has 0 saturated carbocycles. The van der Waals surface area contributed by atoms with Gasteiger partial charge < -0.3 is 19.3 Å². The Morgan fingerprint density at radius 3 is 2.84 bits per heavy atom. The molecule has 0 unspecified atom stereocenters. The van der Waals surface area contributed by atoms with Crippen molar-refractivity contribution in [3.8, 4) is 11.5 Å². The number of fused-ring (bicyclic) bond motifs is 1. The fourth-order valence-corrected chi connectivity index (χ4v) is 5.00. The molecular formula is C18H24N2O4S. The van der Waals surface area contributed by atoms with Crippen LogP contribution in [-0.2, 0) is 16.1 Å². The van der Waals surface area contributed by atoms with Gasteiger partial charge in [0.1, 0.15) is 17.5 Å². The zero-order chi connectivity index (χ0) is 18.2. The number of hydrogen-bond donors (Lipinski definition) is 0. The molecule has 0 spiro atoms. The second-order valence-electron chi connectivity index (χ2n) is 6.64. The van der Waals surface area contributed by atoms with Crippen molar-refractivity contribution in [3.05, 3.63) is 23.8 Å². The van der Waals surface area contributed by atoms with E-state index < -0.39 is 0 Å². The molecule has 2 aliphatic rings.